The van der Waals surface area contributed by atoms with Crippen LogP contribution in [0.1, 0.15) is 33.1 Å². The standard InChI is InChI=1S/C11H19NO4S/c1-8(2)11(10(13)14)5-6-12(7-11)17(15,16)9-3-4-9/h8-9H,3-7H2,1-2H3,(H,13,14). The van der Waals surface area contributed by atoms with Crippen LogP contribution in [-0.2, 0) is 14.8 Å². The van der Waals surface area contributed by atoms with Gasteiger partial charge in [-0.05, 0) is 25.2 Å². The summed E-state index contributed by atoms with van der Waals surface area (Å²) in [5.41, 5.74) is -0.901. The van der Waals surface area contributed by atoms with Crippen LogP contribution in [0.15, 0.2) is 0 Å². The van der Waals surface area contributed by atoms with Gasteiger partial charge >= 0.3 is 5.97 Å². The molecule has 0 bridgehead atoms. The lowest BCUT2D eigenvalue weighted by Crippen LogP contribution is -2.41. The minimum absolute atomic E-state index is 0.0561. The lowest BCUT2D eigenvalue weighted by molar-refractivity contribution is -0.150. The van der Waals surface area contributed by atoms with Crippen LogP contribution in [0.5, 0.6) is 0 Å². The minimum atomic E-state index is -3.23. The molecule has 17 heavy (non-hydrogen) atoms. The van der Waals surface area contributed by atoms with Crippen molar-refractivity contribution in [3.05, 3.63) is 0 Å². The first kappa shape index (κ1) is 12.8. The Bertz CT molecular complexity index is 427. The average molecular weight is 261 g/mol. The summed E-state index contributed by atoms with van der Waals surface area (Å²) < 4.78 is 25.5. The molecular formula is C11H19NO4S. The predicted molar refractivity (Wildman–Crippen MR) is 63.0 cm³/mol. The van der Waals surface area contributed by atoms with Crippen LogP contribution < -0.4 is 0 Å². The number of nitrogens with zero attached hydrogens (tertiary/aromatic N) is 1. The zero-order valence-corrected chi connectivity index (χ0v) is 11.0. The van der Waals surface area contributed by atoms with Crippen molar-refractivity contribution in [3.8, 4) is 0 Å². The third-order valence-electron chi connectivity index (χ3n) is 4.10. The first-order valence-corrected chi connectivity index (χ1v) is 7.53. The van der Waals surface area contributed by atoms with Crippen molar-refractivity contribution < 1.29 is 18.3 Å². The Morgan fingerprint density at radius 2 is 2.00 bits per heavy atom. The van der Waals surface area contributed by atoms with E-state index in [4.69, 9.17) is 0 Å². The summed E-state index contributed by atoms with van der Waals surface area (Å²) in [4.78, 5) is 11.4. The largest absolute Gasteiger partial charge is 0.481 e. The van der Waals surface area contributed by atoms with E-state index in [-0.39, 0.29) is 17.7 Å². The second kappa shape index (κ2) is 3.95. The SMILES string of the molecule is CC(C)C1(C(=O)O)CCN(S(=O)(=O)C2CC2)C1. The number of rotatable bonds is 4. The molecule has 98 valence electrons. The van der Waals surface area contributed by atoms with Crippen molar-refractivity contribution in [3.63, 3.8) is 0 Å². The zero-order valence-electron chi connectivity index (χ0n) is 10.2. The molecule has 0 aromatic rings. The summed E-state index contributed by atoms with van der Waals surface area (Å²) >= 11 is 0. The molecule has 1 aliphatic heterocycles. The Morgan fingerprint density at radius 3 is 2.35 bits per heavy atom. The van der Waals surface area contributed by atoms with Crippen molar-refractivity contribution in [1.29, 1.82) is 0 Å². The van der Waals surface area contributed by atoms with Gasteiger partial charge in [0.25, 0.3) is 0 Å². The number of carboxylic acids is 1. The van der Waals surface area contributed by atoms with Crippen LogP contribution in [0.25, 0.3) is 0 Å². The van der Waals surface area contributed by atoms with Crippen molar-refractivity contribution in [1.82, 2.24) is 4.31 Å². The number of hydrogen-bond donors (Lipinski definition) is 1. The van der Waals surface area contributed by atoms with E-state index in [1.807, 2.05) is 13.8 Å². The van der Waals surface area contributed by atoms with Crippen molar-refractivity contribution in [2.45, 2.75) is 38.4 Å². The van der Waals surface area contributed by atoms with Gasteiger partial charge in [-0.1, -0.05) is 13.8 Å². The second-order valence-corrected chi connectivity index (χ2v) is 7.66. The van der Waals surface area contributed by atoms with Crippen LogP contribution in [0.2, 0.25) is 0 Å². The van der Waals surface area contributed by atoms with Crippen molar-refractivity contribution in [2.75, 3.05) is 13.1 Å². The highest BCUT2D eigenvalue weighted by Crippen LogP contribution is 2.42. The number of aliphatic carboxylic acids is 1. The van der Waals surface area contributed by atoms with E-state index < -0.39 is 21.4 Å². The van der Waals surface area contributed by atoms with Gasteiger partial charge in [0, 0.05) is 13.1 Å². The summed E-state index contributed by atoms with van der Waals surface area (Å²) in [6, 6.07) is 0. The number of sulfonamides is 1. The number of carbonyl (C=O) groups is 1. The van der Waals surface area contributed by atoms with Crippen LogP contribution in [0, 0.1) is 11.3 Å². The van der Waals surface area contributed by atoms with E-state index in [2.05, 4.69) is 0 Å². The van der Waals surface area contributed by atoms with Crippen LogP contribution in [-0.4, -0.2) is 42.1 Å². The highest BCUT2D eigenvalue weighted by atomic mass is 32.2. The summed E-state index contributed by atoms with van der Waals surface area (Å²) in [7, 11) is -3.23. The zero-order chi connectivity index (χ0) is 12.8. The van der Waals surface area contributed by atoms with Gasteiger partial charge in [-0.15, -0.1) is 0 Å². The first-order valence-electron chi connectivity index (χ1n) is 6.03. The van der Waals surface area contributed by atoms with Gasteiger partial charge in [-0.3, -0.25) is 4.79 Å². The van der Waals surface area contributed by atoms with Crippen molar-refractivity contribution >= 4 is 16.0 Å². The molecular weight excluding hydrogens is 242 g/mol. The Balaban J connectivity index is 2.20. The van der Waals surface area contributed by atoms with E-state index in [0.717, 1.165) is 12.8 Å². The van der Waals surface area contributed by atoms with E-state index in [1.165, 1.54) is 4.31 Å². The molecule has 1 heterocycles. The summed E-state index contributed by atoms with van der Waals surface area (Å²) in [6.07, 6.45) is 1.87. The maximum Gasteiger partial charge on any atom is 0.311 e. The third kappa shape index (κ3) is 1.97. The molecule has 1 saturated heterocycles. The normalized spacial score (nSPS) is 31.0. The topological polar surface area (TPSA) is 74.7 Å². The fraction of sp³-hybridized carbons (Fsp3) is 0.909. The molecule has 0 spiro atoms. The molecule has 2 rings (SSSR count). The lowest BCUT2D eigenvalue weighted by atomic mass is 9.77. The van der Waals surface area contributed by atoms with Crippen molar-refractivity contribution in [2.24, 2.45) is 11.3 Å². The Labute approximate surface area is 102 Å². The highest BCUT2D eigenvalue weighted by Gasteiger charge is 2.52. The number of carboxylic acid groups (broad SMARTS) is 1. The predicted octanol–water partition coefficient (Wildman–Crippen LogP) is 0.911. The van der Waals surface area contributed by atoms with Gasteiger partial charge in [-0.2, -0.15) is 0 Å². The molecule has 0 radical (unpaired) electrons. The van der Waals surface area contributed by atoms with Gasteiger partial charge in [0.1, 0.15) is 0 Å². The lowest BCUT2D eigenvalue weighted by Gasteiger charge is -2.28. The average Bonchev–Trinajstić information content (AvgIpc) is 2.96. The molecule has 6 heteroatoms. The smallest absolute Gasteiger partial charge is 0.311 e. The maximum atomic E-state index is 12.1. The van der Waals surface area contributed by atoms with Gasteiger partial charge in [0.05, 0.1) is 10.7 Å². The fourth-order valence-electron chi connectivity index (χ4n) is 2.48. The molecule has 1 unspecified atom stereocenters. The maximum absolute atomic E-state index is 12.1. The highest BCUT2D eigenvalue weighted by molar-refractivity contribution is 7.90. The fourth-order valence-corrected chi connectivity index (χ4v) is 4.39. The molecule has 5 nitrogen and oxygen atoms in total. The number of hydrogen-bond acceptors (Lipinski definition) is 3. The summed E-state index contributed by atoms with van der Waals surface area (Å²) in [5.74, 6) is -0.930. The van der Waals surface area contributed by atoms with Crippen LogP contribution in [0.4, 0.5) is 0 Å². The summed E-state index contributed by atoms with van der Waals surface area (Å²) in [5, 5.41) is 9.10. The molecule has 1 atom stereocenters. The van der Waals surface area contributed by atoms with Gasteiger partial charge in [0.2, 0.25) is 10.0 Å². The summed E-state index contributed by atoms with van der Waals surface area (Å²) in [6.45, 7) is 4.19. The van der Waals surface area contributed by atoms with Gasteiger partial charge < -0.3 is 5.11 Å². The van der Waals surface area contributed by atoms with Gasteiger partial charge in [-0.25, -0.2) is 12.7 Å². The molecule has 0 aromatic heterocycles. The second-order valence-electron chi connectivity index (χ2n) is 5.44. The third-order valence-corrected chi connectivity index (χ3v) is 6.45. The molecule has 2 aliphatic rings. The minimum Gasteiger partial charge on any atom is -0.481 e. The molecule has 0 amide bonds. The monoisotopic (exact) mass is 261 g/mol. The molecule has 1 N–H and O–H groups in total. The van der Waals surface area contributed by atoms with E-state index in [1.54, 1.807) is 0 Å². The molecule has 0 aromatic carbocycles. The molecule has 1 saturated carbocycles. The van der Waals surface area contributed by atoms with E-state index in [0.29, 0.717) is 13.0 Å². The van der Waals surface area contributed by atoms with Gasteiger partial charge in [0.15, 0.2) is 0 Å². The van der Waals surface area contributed by atoms with E-state index >= 15 is 0 Å². The van der Waals surface area contributed by atoms with E-state index in [9.17, 15) is 18.3 Å². The Hall–Kier alpha value is -0.620. The molecule has 2 fully saturated rings. The first-order chi connectivity index (χ1) is 7.80. The Kier molecular flexibility index (Phi) is 2.98. The van der Waals surface area contributed by atoms with Crippen LogP contribution in [0.3, 0.4) is 0 Å². The van der Waals surface area contributed by atoms with Crippen LogP contribution >= 0.6 is 0 Å². The molecule has 1 aliphatic carbocycles. The Morgan fingerprint density at radius 1 is 1.41 bits per heavy atom. The quantitative estimate of drug-likeness (QED) is 0.816.